The van der Waals surface area contributed by atoms with Crippen molar-refractivity contribution in [2.24, 2.45) is 0 Å². The summed E-state index contributed by atoms with van der Waals surface area (Å²) < 4.78 is 1.93. The monoisotopic (exact) mass is 352 g/mol. The van der Waals surface area contributed by atoms with Gasteiger partial charge in [-0.3, -0.25) is 9.20 Å². The van der Waals surface area contributed by atoms with Gasteiger partial charge in [-0.15, -0.1) is 10.2 Å². The van der Waals surface area contributed by atoms with Crippen LogP contribution in [0.4, 0.5) is 0 Å². The fraction of sp³-hybridized carbons (Fsp3) is 0.316. The molecule has 2 aromatic heterocycles. The summed E-state index contributed by atoms with van der Waals surface area (Å²) in [7, 11) is 0. The summed E-state index contributed by atoms with van der Waals surface area (Å²) in [6, 6.07) is 15.8. The molecule has 3 aromatic rings. The molecule has 5 nitrogen and oxygen atoms in total. The summed E-state index contributed by atoms with van der Waals surface area (Å²) in [4.78, 5) is 15.2. The van der Waals surface area contributed by atoms with Crippen LogP contribution in [-0.4, -0.2) is 38.5 Å². The van der Waals surface area contributed by atoms with E-state index < -0.39 is 0 Å². The Kier molecular flexibility index (Phi) is 4.70. The summed E-state index contributed by atoms with van der Waals surface area (Å²) in [6.45, 7) is 1.70. The molecule has 1 atom stereocenters. The van der Waals surface area contributed by atoms with Gasteiger partial charge in [0.15, 0.2) is 10.8 Å². The molecule has 0 spiro atoms. The molecule has 0 aliphatic carbocycles. The number of hydrogen-bond acceptors (Lipinski definition) is 4. The van der Waals surface area contributed by atoms with Gasteiger partial charge >= 0.3 is 0 Å². The molecule has 0 saturated carbocycles. The second-order valence-electron chi connectivity index (χ2n) is 6.21. The Labute approximate surface area is 151 Å². The molecule has 3 heterocycles. The molecule has 1 aliphatic rings. The van der Waals surface area contributed by atoms with Gasteiger partial charge in [-0.1, -0.05) is 48.2 Å². The van der Waals surface area contributed by atoms with Gasteiger partial charge in [0.2, 0.25) is 5.91 Å². The Morgan fingerprint density at radius 3 is 2.52 bits per heavy atom. The second-order valence-corrected chi connectivity index (χ2v) is 7.28. The largest absolute Gasteiger partial charge is 0.341 e. The molecular formula is C19H20N4OS. The van der Waals surface area contributed by atoms with Gasteiger partial charge in [0.1, 0.15) is 5.25 Å². The van der Waals surface area contributed by atoms with Crippen molar-refractivity contribution < 1.29 is 4.79 Å². The first-order chi connectivity index (χ1) is 12.3. The number of benzene rings is 1. The Morgan fingerprint density at radius 2 is 1.72 bits per heavy atom. The van der Waals surface area contributed by atoms with Crippen LogP contribution in [0.3, 0.4) is 0 Å². The number of thioether (sulfide) groups is 1. The van der Waals surface area contributed by atoms with Gasteiger partial charge in [-0.2, -0.15) is 0 Å². The number of nitrogens with zero attached hydrogens (tertiary/aromatic N) is 4. The average Bonchev–Trinajstić information content (AvgIpc) is 3.10. The molecule has 0 radical (unpaired) electrons. The molecule has 0 bridgehead atoms. The minimum absolute atomic E-state index is 0.170. The van der Waals surface area contributed by atoms with Crippen LogP contribution in [0.25, 0.3) is 5.65 Å². The third-order valence-corrected chi connectivity index (χ3v) is 5.70. The van der Waals surface area contributed by atoms with E-state index in [1.54, 1.807) is 0 Å². The lowest BCUT2D eigenvalue weighted by molar-refractivity contribution is -0.131. The first kappa shape index (κ1) is 16.1. The van der Waals surface area contributed by atoms with E-state index in [-0.39, 0.29) is 11.2 Å². The number of hydrogen-bond donors (Lipinski definition) is 0. The van der Waals surface area contributed by atoms with Gasteiger partial charge < -0.3 is 4.90 Å². The quantitative estimate of drug-likeness (QED) is 0.674. The summed E-state index contributed by atoms with van der Waals surface area (Å²) in [5.74, 6) is 0.170. The van der Waals surface area contributed by atoms with Crippen molar-refractivity contribution in [2.75, 3.05) is 13.1 Å². The average molecular weight is 352 g/mol. The minimum Gasteiger partial charge on any atom is -0.341 e. The van der Waals surface area contributed by atoms with E-state index in [1.165, 1.54) is 18.2 Å². The predicted molar refractivity (Wildman–Crippen MR) is 98.5 cm³/mol. The first-order valence-electron chi connectivity index (χ1n) is 8.63. The molecule has 6 heteroatoms. The van der Waals surface area contributed by atoms with Crippen molar-refractivity contribution in [3.8, 4) is 0 Å². The van der Waals surface area contributed by atoms with Gasteiger partial charge in [-0.25, -0.2) is 0 Å². The maximum absolute atomic E-state index is 13.2. The molecule has 1 saturated heterocycles. The van der Waals surface area contributed by atoms with Crippen LogP contribution in [0.15, 0.2) is 59.9 Å². The maximum atomic E-state index is 13.2. The summed E-state index contributed by atoms with van der Waals surface area (Å²) >= 11 is 1.48. The fourth-order valence-corrected chi connectivity index (χ4v) is 4.28. The summed E-state index contributed by atoms with van der Waals surface area (Å²) in [5.41, 5.74) is 1.80. The topological polar surface area (TPSA) is 50.5 Å². The Morgan fingerprint density at radius 1 is 0.960 bits per heavy atom. The lowest BCUT2D eigenvalue weighted by Crippen LogP contribution is -2.38. The molecule has 1 aromatic carbocycles. The fourth-order valence-electron chi connectivity index (χ4n) is 3.17. The molecule has 1 fully saturated rings. The van der Waals surface area contributed by atoms with E-state index in [1.807, 2.05) is 64.0 Å². The van der Waals surface area contributed by atoms with Crippen molar-refractivity contribution in [3.05, 3.63) is 60.3 Å². The number of rotatable bonds is 4. The minimum atomic E-state index is -0.299. The van der Waals surface area contributed by atoms with Crippen molar-refractivity contribution in [3.63, 3.8) is 0 Å². The summed E-state index contributed by atoms with van der Waals surface area (Å²) in [5, 5.41) is 8.94. The van der Waals surface area contributed by atoms with Crippen molar-refractivity contribution in [1.82, 2.24) is 19.5 Å². The van der Waals surface area contributed by atoms with E-state index in [0.717, 1.165) is 42.3 Å². The van der Waals surface area contributed by atoms with Gasteiger partial charge in [0, 0.05) is 19.3 Å². The Bertz CT molecular complexity index is 858. The predicted octanol–water partition coefficient (Wildman–Crippen LogP) is 3.58. The number of carbonyl (C=O) groups excluding carboxylic acids is 1. The van der Waals surface area contributed by atoms with Crippen LogP contribution in [0.1, 0.15) is 30.1 Å². The third-order valence-electron chi connectivity index (χ3n) is 4.50. The number of amides is 1. The highest BCUT2D eigenvalue weighted by Crippen LogP contribution is 2.36. The van der Waals surface area contributed by atoms with Crippen molar-refractivity contribution in [1.29, 1.82) is 0 Å². The number of piperidine rings is 1. The van der Waals surface area contributed by atoms with Crippen LogP contribution in [-0.2, 0) is 4.79 Å². The van der Waals surface area contributed by atoms with Crippen molar-refractivity contribution in [2.45, 2.75) is 29.7 Å². The normalized spacial score (nSPS) is 16.1. The number of carbonyl (C=O) groups is 1. The number of pyridine rings is 1. The molecule has 4 rings (SSSR count). The standard InChI is InChI=1S/C19H20N4OS/c24-18(22-12-6-2-7-13-22)17(15-9-3-1-4-10-15)25-19-21-20-16-11-5-8-14-23(16)19/h1,3-5,8-11,14,17H,2,6-7,12-13H2/t17-/m1/s1. The van der Waals surface area contributed by atoms with Crippen LogP contribution < -0.4 is 0 Å². The lowest BCUT2D eigenvalue weighted by atomic mass is 10.1. The Balaban J connectivity index is 1.66. The SMILES string of the molecule is O=C([C@H](Sc1nnc2ccccn12)c1ccccc1)N1CCCCC1. The zero-order valence-corrected chi connectivity index (χ0v) is 14.7. The van der Waals surface area contributed by atoms with E-state index in [9.17, 15) is 4.79 Å². The zero-order valence-electron chi connectivity index (χ0n) is 13.9. The molecule has 1 aliphatic heterocycles. The van der Waals surface area contributed by atoms with Gasteiger partial charge in [-0.05, 0) is 37.0 Å². The highest BCUT2D eigenvalue weighted by molar-refractivity contribution is 8.00. The Hall–Kier alpha value is -2.34. The lowest BCUT2D eigenvalue weighted by Gasteiger charge is -2.30. The van der Waals surface area contributed by atoms with Crippen LogP contribution >= 0.6 is 11.8 Å². The molecule has 128 valence electrons. The highest BCUT2D eigenvalue weighted by Gasteiger charge is 2.29. The van der Waals surface area contributed by atoms with E-state index >= 15 is 0 Å². The molecule has 0 unspecified atom stereocenters. The van der Waals surface area contributed by atoms with Crippen LogP contribution in [0.5, 0.6) is 0 Å². The van der Waals surface area contributed by atoms with E-state index in [2.05, 4.69) is 10.2 Å². The van der Waals surface area contributed by atoms with Gasteiger partial charge in [0.05, 0.1) is 0 Å². The molecule has 1 amide bonds. The maximum Gasteiger partial charge on any atom is 0.240 e. The summed E-state index contributed by atoms with van der Waals surface area (Å²) in [6.07, 6.45) is 5.32. The number of likely N-dealkylation sites (tertiary alicyclic amines) is 1. The smallest absolute Gasteiger partial charge is 0.240 e. The third kappa shape index (κ3) is 3.39. The number of fused-ring (bicyclic) bond motifs is 1. The molecule has 0 N–H and O–H groups in total. The van der Waals surface area contributed by atoms with Crippen molar-refractivity contribution >= 4 is 23.3 Å². The highest BCUT2D eigenvalue weighted by atomic mass is 32.2. The molecule has 25 heavy (non-hydrogen) atoms. The van der Waals surface area contributed by atoms with Gasteiger partial charge in [0.25, 0.3) is 0 Å². The van der Waals surface area contributed by atoms with Crippen LogP contribution in [0, 0.1) is 0 Å². The first-order valence-corrected chi connectivity index (χ1v) is 9.51. The zero-order chi connectivity index (χ0) is 17.1. The van der Waals surface area contributed by atoms with E-state index in [4.69, 9.17) is 0 Å². The van der Waals surface area contributed by atoms with Crippen LogP contribution in [0.2, 0.25) is 0 Å². The number of aromatic nitrogens is 3. The second kappa shape index (κ2) is 7.27. The van der Waals surface area contributed by atoms with E-state index in [0.29, 0.717) is 0 Å². The molecular weight excluding hydrogens is 332 g/mol.